The number of anilines is 1. The molecule has 0 saturated carbocycles. The molecule has 1 N–H and O–H groups in total. The van der Waals surface area contributed by atoms with Gasteiger partial charge in [-0.15, -0.1) is 0 Å². The zero-order chi connectivity index (χ0) is 12.8. The number of hydrogen-bond donors (Lipinski definition) is 1. The lowest BCUT2D eigenvalue weighted by atomic mass is 9.92. The standard InChI is InChI=1S/C13H22N4O/c1-13(2,11-17-5-7-18-8-6-17)10-16-12-9-14-3-4-15-12/h3-4,9H,5-8,10-11H2,1-2H3,(H,15,16). The molecule has 2 heterocycles. The van der Waals surface area contributed by atoms with Crippen LogP contribution in [0.15, 0.2) is 18.6 Å². The highest BCUT2D eigenvalue weighted by Crippen LogP contribution is 2.18. The average Bonchev–Trinajstić information content (AvgIpc) is 2.38. The van der Waals surface area contributed by atoms with Gasteiger partial charge in [0.15, 0.2) is 0 Å². The van der Waals surface area contributed by atoms with E-state index in [4.69, 9.17) is 4.74 Å². The zero-order valence-corrected chi connectivity index (χ0v) is 11.2. The Balaban J connectivity index is 1.79. The number of rotatable bonds is 5. The largest absolute Gasteiger partial charge is 0.379 e. The van der Waals surface area contributed by atoms with Gasteiger partial charge in [-0.1, -0.05) is 13.8 Å². The van der Waals surface area contributed by atoms with Crippen LogP contribution in [0.1, 0.15) is 13.8 Å². The first kappa shape index (κ1) is 13.2. The van der Waals surface area contributed by atoms with Crippen molar-refractivity contribution in [3.8, 4) is 0 Å². The van der Waals surface area contributed by atoms with Crippen LogP contribution in [0.3, 0.4) is 0 Å². The molecule has 0 aromatic carbocycles. The van der Waals surface area contributed by atoms with E-state index in [0.717, 1.165) is 45.2 Å². The van der Waals surface area contributed by atoms with E-state index in [1.54, 1.807) is 18.6 Å². The molecule has 0 bridgehead atoms. The second-order valence-corrected chi connectivity index (χ2v) is 5.50. The van der Waals surface area contributed by atoms with Crippen LogP contribution in [0.25, 0.3) is 0 Å². The minimum absolute atomic E-state index is 0.203. The van der Waals surface area contributed by atoms with Crippen LogP contribution in [-0.2, 0) is 4.74 Å². The summed E-state index contributed by atoms with van der Waals surface area (Å²) >= 11 is 0. The van der Waals surface area contributed by atoms with Crippen molar-refractivity contribution in [2.45, 2.75) is 13.8 Å². The van der Waals surface area contributed by atoms with Crippen LogP contribution < -0.4 is 5.32 Å². The third kappa shape index (κ3) is 4.23. The predicted molar refractivity (Wildman–Crippen MR) is 71.6 cm³/mol. The normalized spacial score (nSPS) is 17.7. The highest BCUT2D eigenvalue weighted by Gasteiger charge is 2.23. The van der Waals surface area contributed by atoms with Crippen LogP contribution in [0, 0.1) is 5.41 Å². The maximum atomic E-state index is 5.37. The second kappa shape index (κ2) is 6.11. The van der Waals surface area contributed by atoms with E-state index in [9.17, 15) is 0 Å². The number of morpholine rings is 1. The van der Waals surface area contributed by atoms with Crippen LogP contribution in [0.5, 0.6) is 0 Å². The van der Waals surface area contributed by atoms with Gasteiger partial charge in [0, 0.05) is 38.6 Å². The van der Waals surface area contributed by atoms with Gasteiger partial charge in [0.05, 0.1) is 19.4 Å². The molecule has 1 aromatic heterocycles. The molecule has 1 aromatic rings. The average molecular weight is 250 g/mol. The molecular weight excluding hydrogens is 228 g/mol. The summed E-state index contributed by atoms with van der Waals surface area (Å²) in [5.74, 6) is 0.840. The number of nitrogens with one attached hydrogen (secondary N) is 1. The highest BCUT2D eigenvalue weighted by atomic mass is 16.5. The van der Waals surface area contributed by atoms with Gasteiger partial charge in [0.1, 0.15) is 5.82 Å². The van der Waals surface area contributed by atoms with E-state index in [-0.39, 0.29) is 5.41 Å². The molecule has 0 radical (unpaired) electrons. The van der Waals surface area contributed by atoms with Crippen LogP contribution >= 0.6 is 0 Å². The predicted octanol–water partition coefficient (Wildman–Crippen LogP) is 1.25. The molecule has 0 spiro atoms. The molecule has 1 fully saturated rings. The zero-order valence-electron chi connectivity index (χ0n) is 11.2. The van der Waals surface area contributed by atoms with E-state index in [2.05, 4.69) is 34.0 Å². The van der Waals surface area contributed by atoms with E-state index in [0.29, 0.717) is 0 Å². The summed E-state index contributed by atoms with van der Waals surface area (Å²) in [4.78, 5) is 10.7. The summed E-state index contributed by atoms with van der Waals surface area (Å²) in [6, 6.07) is 0. The molecule has 0 amide bonds. The Labute approximate surface area is 109 Å². The van der Waals surface area contributed by atoms with Gasteiger partial charge in [-0.25, -0.2) is 4.98 Å². The third-order valence-corrected chi connectivity index (χ3v) is 3.07. The first-order valence-electron chi connectivity index (χ1n) is 6.46. The molecule has 1 aliphatic heterocycles. The fraction of sp³-hybridized carbons (Fsp3) is 0.692. The maximum Gasteiger partial charge on any atom is 0.144 e. The van der Waals surface area contributed by atoms with Crippen molar-refractivity contribution in [1.29, 1.82) is 0 Å². The van der Waals surface area contributed by atoms with Gasteiger partial charge in [-0.05, 0) is 5.41 Å². The third-order valence-electron chi connectivity index (χ3n) is 3.07. The lowest BCUT2D eigenvalue weighted by Gasteiger charge is -2.35. The van der Waals surface area contributed by atoms with E-state index in [1.165, 1.54) is 0 Å². The molecule has 1 aliphatic rings. The van der Waals surface area contributed by atoms with Crippen molar-refractivity contribution in [2.75, 3.05) is 44.7 Å². The smallest absolute Gasteiger partial charge is 0.144 e. The van der Waals surface area contributed by atoms with Crippen molar-refractivity contribution in [3.05, 3.63) is 18.6 Å². The lowest BCUT2D eigenvalue weighted by Crippen LogP contribution is -2.44. The van der Waals surface area contributed by atoms with Crippen molar-refractivity contribution in [1.82, 2.24) is 14.9 Å². The highest BCUT2D eigenvalue weighted by molar-refractivity contribution is 5.30. The van der Waals surface area contributed by atoms with Gasteiger partial charge >= 0.3 is 0 Å². The minimum atomic E-state index is 0.203. The molecule has 0 aliphatic carbocycles. The van der Waals surface area contributed by atoms with Crippen molar-refractivity contribution < 1.29 is 4.74 Å². The van der Waals surface area contributed by atoms with Crippen molar-refractivity contribution in [3.63, 3.8) is 0 Å². The molecule has 18 heavy (non-hydrogen) atoms. The molecule has 5 heteroatoms. The van der Waals surface area contributed by atoms with Gasteiger partial charge in [-0.3, -0.25) is 9.88 Å². The molecule has 0 unspecified atom stereocenters. The number of nitrogens with zero attached hydrogens (tertiary/aromatic N) is 3. The summed E-state index contributed by atoms with van der Waals surface area (Å²) < 4.78 is 5.37. The molecule has 2 rings (SSSR count). The Bertz CT molecular complexity index is 349. The second-order valence-electron chi connectivity index (χ2n) is 5.50. The summed E-state index contributed by atoms with van der Waals surface area (Å²) in [6.45, 7) is 10.3. The van der Waals surface area contributed by atoms with Crippen molar-refractivity contribution in [2.24, 2.45) is 5.41 Å². The van der Waals surface area contributed by atoms with E-state index in [1.807, 2.05) is 0 Å². The number of hydrogen-bond acceptors (Lipinski definition) is 5. The number of ether oxygens (including phenoxy) is 1. The van der Waals surface area contributed by atoms with Gasteiger partial charge in [0.25, 0.3) is 0 Å². The van der Waals surface area contributed by atoms with E-state index >= 15 is 0 Å². The Morgan fingerprint density at radius 3 is 2.78 bits per heavy atom. The van der Waals surface area contributed by atoms with Gasteiger partial charge < -0.3 is 10.1 Å². The van der Waals surface area contributed by atoms with Crippen LogP contribution in [0.4, 0.5) is 5.82 Å². The first-order chi connectivity index (χ1) is 8.66. The van der Waals surface area contributed by atoms with E-state index < -0.39 is 0 Å². The fourth-order valence-corrected chi connectivity index (χ4v) is 2.14. The monoisotopic (exact) mass is 250 g/mol. The molecule has 5 nitrogen and oxygen atoms in total. The Morgan fingerprint density at radius 2 is 2.11 bits per heavy atom. The quantitative estimate of drug-likeness (QED) is 0.852. The topological polar surface area (TPSA) is 50.3 Å². The summed E-state index contributed by atoms with van der Waals surface area (Å²) in [5.41, 5.74) is 0.203. The minimum Gasteiger partial charge on any atom is -0.379 e. The molecule has 0 atom stereocenters. The Hall–Kier alpha value is -1.20. The maximum absolute atomic E-state index is 5.37. The number of aromatic nitrogens is 2. The fourth-order valence-electron chi connectivity index (χ4n) is 2.14. The summed E-state index contributed by atoms with van der Waals surface area (Å²) in [5, 5.41) is 3.34. The summed E-state index contributed by atoms with van der Waals surface area (Å²) in [6.07, 6.45) is 5.15. The van der Waals surface area contributed by atoms with Crippen LogP contribution in [0.2, 0.25) is 0 Å². The van der Waals surface area contributed by atoms with Crippen LogP contribution in [-0.4, -0.2) is 54.3 Å². The summed E-state index contributed by atoms with van der Waals surface area (Å²) in [7, 11) is 0. The van der Waals surface area contributed by atoms with Gasteiger partial charge in [-0.2, -0.15) is 0 Å². The van der Waals surface area contributed by atoms with Crippen molar-refractivity contribution >= 4 is 5.82 Å². The Morgan fingerprint density at radius 1 is 1.33 bits per heavy atom. The molecular formula is C13H22N4O. The molecule has 100 valence electrons. The SMILES string of the molecule is CC(C)(CNc1cnccn1)CN1CCOCC1. The van der Waals surface area contributed by atoms with Gasteiger partial charge in [0.2, 0.25) is 0 Å². The first-order valence-corrected chi connectivity index (χ1v) is 6.46. The Kier molecular flexibility index (Phi) is 4.49. The lowest BCUT2D eigenvalue weighted by molar-refractivity contribution is 0.0229. The molecule has 1 saturated heterocycles.